The van der Waals surface area contributed by atoms with Crippen molar-refractivity contribution in [2.75, 3.05) is 19.7 Å². The Bertz CT molecular complexity index is 480. The van der Waals surface area contributed by atoms with Gasteiger partial charge in [-0.15, -0.1) is 0 Å². The number of likely N-dealkylation sites (tertiary alicyclic amines) is 1. The van der Waals surface area contributed by atoms with Gasteiger partial charge in [-0.2, -0.15) is 0 Å². The molecule has 5 nitrogen and oxygen atoms in total. The molecule has 2 rings (SSSR count). The van der Waals surface area contributed by atoms with Gasteiger partial charge in [-0.1, -0.05) is 37.3 Å². The van der Waals surface area contributed by atoms with Crippen molar-refractivity contribution in [3.8, 4) is 0 Å². The smallest absolute Gasteiger partial charge is 0.219 e. The molecule has 0 unspecified atom stereocenters. The minimum Gasteiger partial charge on any atom is -0.395 e. The fraction of sp³-hybridized carbons (Fsp3) is 0.611. The topological polar surface area (TPSA) is 72.8 Å². The first kappa shape index (κ1) is 17.9. The van der Waals surface area contributed by atoms with E-state index in [1.165, 1.54) is 5.56 Å². The van der Waals surface area contributed by atoms with E-state index in [1.54, 1.807) is 0 Å². The molecule has 1 saturated heterocycles. The van der Waals surface area contributed by atoms with E-state index in [2.05, 4.69) is 22.3 Å². The van der Waals surface area contributed by atoms with Crippen LogP contribution in [0.2, 0.25) is 0 Å². The summed E-state index contributed by atoms with van der Waals surface area (Å²) in [6.07, 6.45) is 2.45. The molecule has 0 spiro atoms. The van der Waals surface area contributed by atoms with Gasteiger partial charge < -0.3 is 15.5 Å². The van der Waals surface area contributed by atoms with Gasteiger partial charge in [0.1, 0.15) is 0 Å². The van der Waals surface area contributed by atoms with Crippen LogP contribution in [0.1, 0.15) is 31.7 Å². The predicted molar refractivity (Wildman–Crippen MR) is 90.1 cm³/mol. The molecule has 0 radical (unpaired) electrons. The van der Waals surface area contributed by atoms with Crippen LogP contribution < -0.4 is 5.32 Å². The molecule has 0 saturated carbocycles. The molecular formula is C18H28N2O3. The number of hydrogen-bond acceptors (Lipinski definition) is 4. The number of aliphatic hydroxyl groups excluding tert-OH is 2. The Morgan fingerprint density at radius 1 is 1.35 bits per heavy atom. The van der Waals surface area contributed by atoms with Crippen molar-refractivity contribution in [2.24, 2.45) is 0 Å². The van der Waals surface area contributed by atoms with Gasteiger partial charge in [0.15, 0.2) is 0 Å². The number of aryl methyl sites for hydroxylation is 1. The predicted octanol–water partition coefficient (Wildman–Crippen LogP) is 0.942. The van der Waals surface area contributed by atoms with Crippen LogP contribution >= 0.6 is 0 Å². The molecule has 1 aromatic rings. The van der Waals surface area contributed by atoms with Crippen molar-refractivity contribution >= 4 is 5.91 Å². The van der Waals surface area contributed by atoms with Gasteiger partial charge in [-0.05, 0) is 31.4 Å². The first-order valence-electron chi connectivity index (χ1n) is 8.51. The highest BCUT2D eigenvalue weighted by Crippen LogP contribution is 2.24. The zero-order chi connectivity index (χ0) is 16.7. The minimum absolute atomic E-state index is 0.00566. The van der Waals surface area contributed by atoms with Crippen LogP contribution in [0.5, 0.6) is 0 Å². The summed E-state index contributed by atoms with van der Waals surface area (Å²) in [6.45, 7) is 3.11. The molecule has 0 aromatic heterocycles. The highest BCUT2D eigenvalue weighted by Gasteiger charge is 2.39. The summed E-state index contributed by atoms with van der Waals surface area (Å²) in [5.41, 5.74) is 1.30. The average Bonchev–Trinajstić information content (AvgIpc) is 2.88. The molecule has 3 N–H and O–H groups in total. The van der Waals surface area contributed by atoms with Crippen LogP contribution in [-0.4, -0.2) is 58.9 Å². The first-order valence-corrected chi connectivity index (χ1v) is 8.51. The van der Waals surface area contributed by atoms with Gasteiger partial charge in [0, 0.05) is 19.0 Å². The number of nitrogens with zero attached hydrogens (tertiary/aromatic N) is 1. The maximum atomic E-state index is 11.5. The van der Waals surface area contributed by atoms with E-state index in [-0.39, 0.29) is 24.6 Å². The third kappa shape index (κ3) is 5.03. The van der Waals surface area contributed by atoms with E-state index in [0.717, 1.165) is 19.4 Å². The molecule has 1 amide bonds. The number of carbonyl (C=O) groups excluding carboxylic acids is 1. The highest BCUT2D eigenvalue weighted by atomic mass is 16.3. The summed E-state index contributed by atoms with van der Waals surface area (Å²) in [6, 6.07) is 10.2. The van der Waals surface area contributed by atoms with Crippen LogP contribution in [0.3, 0.4) is 0 Å². The summed E-state index contributed by atoms with van der Waals surface area (Å²) in [7, 11) is 0. The van der Waals surface area contributed by atoms with E-state index < -0.39 is 6.10 Å². The molecule has 1 aliphatic heterocycles. The van der Waals surface area contributed by atoms with Gasteiger partial charge in [-0.3, -0.25) is 9.69 Å². The standard InChI is InChI=1S/C18H28N2O3/c1-2-18(23)19-12-16-17(22)11-15(13-21)20(16)10-6-9-14-7-4-3-5-8-14/h3-5,7-8,15-17,21-22H,2,6,9-13H2,1H3,(H,19,23)/t15-,16+,17-/m0/s1. The van der Waals surface area contributed by atoms with Crippen molar-refractivity contribution in [1.29, 1.82) is 0 Å². The largest absolute Gasteiger partial charge is 0.395 e. The lowest BCUT2D eigenvalue weighted by Gasteiger charge is -2.30. The summed E-state index contributed by atoms with van der Waals surface area (Å²) in [5, 5.41) is 22.7. The Balaban J connectivity index is 1.89. The Labute approximate surface area is 138 Å². The first-order chi connectivity index (χ1) is 11.2. The average molecular weight is 320 g/mol. The van der Waals surface area contributed by atoms with Crippen LogP contribution in [0.25, 0.3) is 0 Å². The Kier molecular flexibility index (Phi) is 7.02. The number of amides is 1. The number of aliphatic hydroxyl groups is 2. The maximum absolute atomic E-state index is 11.5. The lowest BCUT2D eigenvalue weighted by molar-refractivity contribution is -0.121. The highest BCUT2D eigenvalue weighted by molar-refractivity contribution is 5.75. The van der Waals surface area contributed by atoms with Gasteiger partial charge in [0.2, 0.25) is 5.91 Å². The molecule has 1 heterocycles. The van der Waals surface area contributed by atoms with E-state index in [9.17, 15) is 15.0 Å². The molecular weight excluding hydrogens is 292 g/mol. The second-order valence-electron chi connectivity index (χ2n) is 6.19. The molecule has 1 aromatic carbocycles. The van der Waals surface area contributed by atoms with Gasteiger partial charge in [0.05, 0.1) is 18.8 Å². The van der Waals surface area contributed by atoms with Crippen molar-refractivity contribution in [1.82, 2.24) is 10.2 Å². The normalized spacial score (nSPS) is 24.7. The number of rotatable bonds is 8. The van der Waals surface area contributed by atoms with Crippen LogP contribution in [-0.2, 0) is 11.2 Å². The van der Waals surface area contributed by atoms with E-state index >= 15 is 0 Å². The van der Waals surface area contributed by atoms with Crippen molar-refractivity contribution < 1.29 is 15.0 Å². The van der Waals surface area contributed by atoms with Crippen molar-refractivity contribution in [2.45, 2.75) is 50.8 Å². The zero-order valence-corrected chi connectivity index (χ0v) is 13.8. The Hall–Kier alpha value is -1.43. The van der Waals surface area contributed by atoms with Crippen molar-refractivity contribution in [3.05, 3.63) is 35.9 Å². The lowest BCUT2D eigenvalue weighted by Crippen LogP contribution is -2.47. The van der Waals surface area contributed by atoms with Gasteiger partial charge in [0.25, 0.3) is 0 Å². The quantitative estimate of drug-likeness (QED) is 0.667. The maximum Gasteiger partial charge on any atom is 0.219 e. The van der Waals surface area contributed by atoms with Crippen LogP contribution in [0.4, 0.5) is 0 Å². The molecule has 1 aliphatic rings. The number of benzene rings is 1. The third-order valence-electron chi connectivity index (χ3n) is 4.62. The molecule has 5 heteroatoms. The second kappa shape index (κ2) is 9.01. The molecule has 0 aliphatic carbocycles. The van der Waals surface area contributed by atoms with Crippen molar-refractivity contribution in [3.63, 3.8) is 0 Å². The van der Waals surface area contributed by atoms with Gasteiger partial charge in [-0.25, -0.2) is 0 Å². The number of nitrogens with one attached hydrogen (secondary N) is 1. The zero-order valence-electron chi connectivity index (χ0n) is 13.8. The third-order valence-corrected chi connectivity index (χ3v) is 4.62. The molecule has 1 fully saturated rings. The van der Waals surface area contributed by atoms with E-state index in [1.807, 2.05) is 25.1 Å². The fourth-order valence-electron chi connectivity index (χ4n) is 3.30. The van der Waals surface area contributed by atoms with E-state index in [0.29, 0.717) is 19.4 Å². The van der Waals surface area contributed by atoms with Gasteiger partial charge >= 0.3 is 0 Å². The lowest BCUT2D eigenvalue weighted by atomic mass is 10.1. The van der Waals surface area contributed by atoms with Crippen LogP contribution in [0, 0.1) is 0 Å². The number of hydrogen-bond donors (Lipinski definition) is 3. The van der Waals surface area contributed by atoms with Crippen LogP contribution in [0.15, 0.2) is 30.3 Å². The monoisotopic (exact) mass is 320 g/mol. The SMILES string of the molecule is CCC(=O)NC[C@@H]1[C@@H](O)C[C@@H](CO)N1CCCc1ccccc1. The summed E-state index contributed by atoms with van der Waals surface area (Å²) >= 11 is 0. The van der Waals surface area contributed by atoms with E-state index in [4.69, 9.17) is 0 Å². The molecule has 3 atom stereocenters. The minimum atomic E-state index is -0.499. The molecule has 0 bridgehead atoms. The number of carbonyl (C=O) groups is 1. The summed E-state index contributed by atoms with van der Waals surface area (Å²) in [5.74, 6) is -0.00566. The Morgan fingerprint density at radius 3 is 2.74 bits per heavy atom. The molecule has 128 valence electrons. The molecule has 23 heavy (non-hydrogen) atoms. The second-order valence-corrected chi connectivity index (χ2v) is 6.19. The summed E-state index contributed by atoms with van der Waals surface area (Å²) < 4.78 is 0. The summed E-state index contributed by atoms with van der Waals surface area (Å²) in [4.78, 5) is 13.6. The fourth-order valence-corrected chi connectivity index (χ4v) is 3.30. The Morgan fingerprint density at radius 2 is 2.09 bits per heavy atom.